The molecule has 1 aromatic rings. The van der Waals surface area contributed by atoms with Crippen LogP contribution in [0.3, 0.4) is 0 Å². The third-order valence-corrected chi connectivity index (χ3v) is 1.29. The van der Waals surface area contributed by atoms with Gasteiger partial charge in [0, 0.05) is 13.3 Å². The van der Waals surface area contributed by atoms with Crippen LogP contribution in [0.4, 0.5) is 11.6 Å². The molecule has 58 valence electrons. The van der Waals surface area contributed by atoms with E-state index in [0.717, 1.165) is 5.82 Å². The molecule has 0 amide bonds. The summed E-state index contributed by atoms with van der Waals surface area (Å²) < 4.78 is 1.80. The Morgan fingerprint density at radius 2 is 2.45 bits per heavy atom. The van der Waals surface area contributed by atoms with Crippen LogP contribution >= 0.6 is 0 Å². The number of aromatic nitrogens is 2. The number of nitrogens with zero attached hydrogens (tertiary/aromatic N) is 4. The Morgan fingerprint density at radius 1 is 1.73 bits per heavy atom. The highest BCUT2D eigenvalue weighted by Crippen LogP contribution is 2.23. The minimum absolute atomic E-state index is 0.575. The van der Waals surface area contributed by atoms with E-state index in [9.17, 15) is 0 Å². The summed E-state index contributed by atoms with van der Waals surface area (Å²) in [6, 6.07) is 0. The van der Waals surface area contributed by atoms with Crippen molar-refractivity contribution in [2.24, 2.45) is 17.0 Å². The Balaban J connectivity index is 3.17. The van der Waals surface area contributed by atoms with E-state index in [1.165, 1.54) is 0 Å². The molecule has 0 atom stereocenters. The molecule has 0 saturated heterocycles. The van der Waals surface area contributed by atoms with E-state index >= 15 is 0 Å². The highest BCUT2D eigenvalue weighted by Gasteiger charge is 2.02. The van der Waals surface area contributed by atoms with Gasteiger partial charge in [-0.3, -0.25) is 0 Å². The van der Waals surface area contributed by atoms with Gasteiger partial charge >= 0.3 is 0 Å². The van der Waals surface area contributed by atoms with Crippen molar-refractivity contribution in [1.82, 2.24) is 9.55 Å². The van der Waals surface area contributed by atoms with Gasteiger partial charge in [0.2, 0.25) is 0 Å². The lowest BCUT2D eigenvalue weighted by Gasteiger charge is -1.93. The van der Waals surface area contributed by atoms with Gasteiger partial charge in [0.1, 0.15) is 0 Å². The molecule has 0 aromatic carbocycles. The fourth-order valence-electron chi connectivity index (χ4n) is 0.794. The molecule has 0 aliphatic rings. The second-order valence-corrected chi connectivity index (χ2v) is 2.05. The molecule has 0 unspecified atom stereocenters. The number of hydrogen-bond acceptors (Lipinski definition) is 3. The molecule has 0 N–H and O–H groups in total. The van der Waals surface area contributed by atoms with Crippen molar-refractivity contribution in [3.8, 4) is 0 Å². The van der Waals surface area contributed by atoms with Gasteiger partial charge in [0.25, 0.3) is 0 Å². The maximum absolute atomic E-state index is 4.08. The SMILES string of the molecule is C=Nc1ncn(C)c1/N=C\C. The first-order valence-electron chi connectivity index (χ1n) is 3.26. The normalized spacial score (nSPS) is 10.7. The van der Waals surface area contributed by atoms with Crippen LogP contribution in [-0.2, 0) is 7.05 Å². The largest absolute Gasteiger partial charge is 0.317 e. The summed E-state index contributed by atoms with van der Waals surface area (Å²) in [6.07, 6.45) is 3.36. The summed E-state index contributed by atoms with van der Waals surface area (Å²) >= 11 is 0. The molecule has 4 heteroatoms. The van der Waals surface area contributed by atoms with Gasteiger partial charge in [0.15, 0.2) is 11.6 Å². The highest BCUT2D eigenvalue weighted by molar-refractivity contribution is 5.65. The van der Waals surface area contributed by atoms with Crippen LogP contribution in [0.25, 0.3) is 0 Å². The van der Waals surface area contributed by atoms with Crippen LogP contribution in [0.2, 0.25) is 0 Å². The van der Waals surface area contributed by atoms with Crippen LogP contribution in [0, 0.1) is 0 Å². The van der Waals surface area contributed by atoms with Gasteiger partial charge in [-0.2, -0.15) is 0 Å². The predicted octanol–water partition coefficient (Wildman–Crippen LogP) is 1.47. The Morgan fingerprint density at radius 3 is 3.00 bits per heavy atom. The highest BCUT2D eigenvalue weighted by atomic mass is 15.2. The average molecular weight is 150 g/mol. The molecule has 0 aliphatic carbocycles. The summed E-state index contributed by atoms with van der Waals surface area (Å²) in [5, 5.41) is 0. The van der Waals surface area contributed by atoms with Crippen molar-refractivity contribution in [3.63, 3.8) is 0 Å². The van der Waals surface area contributed by atoms with Crippen molar-refractivity contribution in [2.75, 3.05) is 0 Å². The molecule has 0 saturated carbocycles. The number of hydrogen-bond donors (Lipinski definition) is 0. The molecular formula is C7H10N4. The number of aliphatic imine (C=N–C) groups is 2. The summed E-state index contributed by atoms with van der Waals surface area (Å²) in [7, 11) is 1.87. The molecular weight excluding hydrogens is 140 g/mol. The van der Waals surface area contributed by atoms with E-state index in [4.69, 9.17) is 0 Å². The molecule has 1 aromatic heterocycles. The fourth-order valence-corrected chi connectivity index (χ4v) is 0.794. The summed E-state index contributed by atoms with van der Waals surface area (Å²) in [5.74, 6) is 1.31. The van der Waals surface area contributed by atoms with E-state index < -0.39 is 0 Å². The maximum atomic E-state index is 4.08. The van der Waals surface area contributed by atoms with Gasteiger partial charge in [-0.1, -0.05) is 0 Å². The lowest BCUT2D eigenvalue weighted by molar-refractivity contribution is 0.912. The van der Waals surface area contributed by atoms with Gasteiger partial charge in [-0.25, -0.2) is 15.0 Å². The molecule has 11 heavy (non-hydrogen) atoms. The van der Waals surface area contributed by atoms with Gasteiger partial charge < -0.3 is 4.57 Å². The first kappa shape index (κ1) is 7.65. The van der Waals surface area contributed by atoms with E-state index in [2.05, 4.69) is 21.7 Å². The monoisotopic (exact) mass is 150 g/mol. The molecule has 0 bridgehead atoms. The predicted molar refractivity (Wildman–Crippen MR) is 46.2 cm³/mol. The van der Waals surface area contributed by atoms with E-state index in [-0.39, 0.29) is 0 Å². The van der Waals surface area contributed by atoms with Crippen molar-refractivity contribution < 1.29 is 0 Å². The first-order valence-corrected chi connectivity index (χ1v) is 3.26. The van der Waals surface area contributed by atoms with Crippen LogP contribution in [-0.4, -0.2) is 22.5 Å². The summed E-state index contributed by atoms with van der Waals surface area (Å²) in [6.45, 7) is 5.23. The van der Waals surface area contributed by atoms with Crippen molar-refractivity contribution in [1.29, 1.82) is 0 Å². The van der Waals surface area contributed by atoms with Crippen molar-refractivity contribution in [2.45, 2.75) is 6.92 Å². The fraction of sp³-hybridized carbons (Fsp3) is 0.286. The molecule has 1 heterocycles. The Kier molecular flexibility index (Phi) is 2.15. The topological polar surface area (TPSA) is 42.5 Å². The lowest BCUT2D eigenvalue weighted by Crippen LogP contribution is -1.81. The molecule has 0 aliphatic heterocycles. The van der Waals surface area contributed by atoms with Crippen molar-refractivity contribution in [3.05, 3.63) is 6.33 Å². The minimum atomic E-state index is 0.575. The van der Waals surface area contributed by atoms with E-state index in [0.29, 0.717) is 5.82 Å². The summed E-state index contributed by atoms with van der Waals surface area (Å²) in [5.41, 5.74) is 0. The summed E-state index contributed by atoms with van der Waals surface area (Å²) in [4.78, 5) is 11.8. The van der Waals surface area contributed by atoms with Crippen molar-refractivity contribution >= 4 is 24.6 Å². The molecule has 1 rings (SSSR count). The second-order valence-electron chi connectivity index (χ2n) is 2.05. The van der Waals surface area contributed by atoms with Crippen LogP contribution in [0.5, 0.6) is 0 Å². The molecule has 0 fully saturated rings. The quantitative estimate of drug-likeness (QED) is 0.589. The van der Waals surface area contributed by atoms with E-state index in [1.807, 2.05) is 14.0 Å². The third-order valence-electron chi connectivity index (χ3n) is 1.29. The number of rotatable bonds is 2. The molecule has 4 nitrogen and oxygen atoms in total. The Labute approximate surface area is 65.3 Å². The van der Waals surface area contributed by atoms with E-state index in [1.54, 1.807) is 17.1 Å². The lowest BCUT2D eigenvalue weighted by atomic mass is 10.6. The van der Waals surface area contributed by atoms with Gasteiger partial charge in [-0.05, 0) is 13.6 Å². The Hall–Kier alpha value is -1.45. The standard InChI is InChI=1S/C7H10N4/c1-4-9-7-6(8-2)10-5-11(7)3/h4-5H,2H2,1,3H3/b9-4-. The van der Waals surface area contributed by atoms with Crippen LogP contribution in [0.15, 0.2) is 16.3 Å². The number of imidazole rings is 1. The number of aryl methyl sites for hydroxylation is 1. The zero-order valence-electron chi connectivity index (χ0n) is 6.65. The Bertz CT molecular complexity index is 285. The first-order chi connectivity index (χ1) is 5.29. The average Bonchev–Trinajstić information content (AvgIpc) is 2.34. The second kappa shape index (κ2) is 3.09. The van der Waals surface area contributed by atoms with Crippen LogP contribution in [0.1, 0.15) is 6.92 Å². The maximum Gasteiger partial charge on any atom is 0.196 e. The zero-order valence-corrected chi connectivity index (χ0v) is 6.65. The molecule has 0 spiro atoms. The van der Waals surface area contributed by atoms with Gasteiger partial charge in [-0.15, -0.1) is 0 Å². The molecule has 0 radical (unpaired) electrons. The third kappa shape index (κ3) is 1.34. The van der Waals surface area contributed by atoms with Gasteiger partial charge in [0.05, 0.1) is 6.33 Å². The minimum Gasteiger partial charge on any atom is -0.317 e. The van der Waals surface area contributed by atoms with Crippen LogP contribution < -0.4 is 0 Å². The smallest absolute Gasteiger partial charge is 0.196 e. The zero-order chi connectivity index (χ0) is 8.27.